The van der Waals surface area contributed by atoms with Crippen LogP contribution in [0, 0.1) is 28.6 Å². The van der Waals surface area contributed by atoms with Gasteiger partial charge in [-0.1, -0.05) is 19.9 Å². The summed E-state index contributed by atoms with van der Waals surface area (Å²) < 4.78 is 0. The Bertz CT molecular complexity index is 501. The Morgan fingerprint density at radius 1 is 0.955 bits per heavy atom. The van der Waals surface area contributed by atoms with Gasteiger partial charge in [0.2, 0.25) is 0 Å². The Hall–Kier alpha value is -0.380. The van der Waals surface area contributed by atoms with Crippen molar-refractivity contribution in [3.05, 3.63) is 11.6 Å². The third-order valence-corrected chi connectivity index (χ3v) is 8.05. The van der Waals surface area contributed by atoms with Crippen molar-refractivity contribution in [1.82, 2.24) is 0 Å². The fourth-order valence-corrected chi connectivity index (χ4v) is 6.73. The maximum Gasteiger partial charge on any atom is 0.0759 e. The molecule has 4 aliphatic rings. The predicted molar refractivity (Wildman–Crippen MR) is 85.1 cm³/mol. The molecule has 0 aromatic carbocycles. The normalized spacial score (nSPS) is 57.6. The number of hydrogen-bond donors (Lipinski definition) is 3. The van der Waals surface area contributed by atoms with E-state index >= 15 is 0 Å². The molecule has 124 valence electrons. The monoisotopic (exact) mass is 306 g/mol. The largest absolute Gasteiger partial charge is 0.393 e. The molecule has 0 heterocycles. The summed E-state index contributed by atoms with van der Waals surface area (Å²) in [4.78, 5) is 0. The molecule has 0 aliphatic heterocycles. The summed E-state index contributed by atoms with van der Waals surface area (Å²) >= 11 is 0. The molecule has 0 aromatic heterocycles. The van der Waals surface area contributed by atoms with Crippen LogP contribution >= 0.6 is 0 Å². The van der Waals surface area contributed by atoms with Gasteiger partial charge in [0.1, 0.15) is 0 Å². The molecule has 3 fully saturated rings. The molecule has 0 saturated heterocycles. The lowest BCUT2D eigenvalue weighted by Crippen LogP contribution is -2.54. The third kappa shape index (κ3) is 1.85. The number of hydrogen-bond acceptors (Lipinski definition) is 3. The first-order chi connectivity index (χ1) is 10.4. The average molecular weight is 306 g/mol. The number of aliphatic hydroxyl groups excluding tert-OH is 3. The van der Waals surface area contributed by atoms with Gasteiger partial charge in [0, 0.05) is 0 Å². The van der Waals surface area contributed by atoms with Crippen LogP contribution in [0.15, 0.2) is 11.6 Å². The molecule has 8 atom stereocenters. The van der Waals surface area contributed by atoms with Gasteiger partial charge in [0.25, 0.3) is 0 Å². The first kappa shape index (κ1) is 15.2. The van der Waals surface area contributed by atoms with Crippen molar-refractivity contribution in [2.45, 2.75) is 77.1 Å². The summed E-state index contributed by atoms with van der Waals surface area (Å²) in [6.45, 7) is 4.59. The van der Waals surface area contributed by atoms with E-state index < -0.39 is 6.10 Å². The molecule has 0 radical (unpaired) electrons. The van der Waals surface area contributed by atoms with Crippen LogP contribution in [-0.2, 0) is 0 Å². The molecule has 4 rings (SSSR count). The second-order valence-electron chi connectivity index (χ2n) is 8.91. The molecule has 0 spiro atoms. The molecule has 3 N–H and O–H groups in total. The van der Waals surface area contributed by atoms with E-state index in [0.717, 1.165) is 50.5 Å². The highest BCUT2D eigenvalue weighted by molar-refractivity contribution is 5.29. The van der Waals surface area contributed by atoms with Crippen molar-refractivity contribution in [3.8, 4) is 0 Å². The number of fused-ring (bicyclic) bond motifs is 5. The van der Waals surface area contributed by atoms with Gasteiger partial charge in [-0.3, -0.25) is 0 Å². The van der Waals surface area contributed by atoms with Crippen LogP contribution in [0.2, 0.25) is 0 Å². The van der Waals surface area contributed by atoms with Crippen LogP contribution in [0.4, 0.5) is 0 Å². The fraction of sp³-hybridized carbons (Fsp3) is 0.895. The summed E-state index contributed by atoms with van der Waals surface area (Å²) in [5, 5.41) is 31.2. The highest BCUT2D eigenvalue weighted by Gasteiger charge is 2.60. The van der Waals surface area contributed by atoms with E-state index in [-0.39, 0.29) is 23.0 Å². The van der Waals surface area contributed by atoms with E-state index in [1.165, 1.54) is 0 Å². The van der Waals surface area contributed by atoms with Gasteiger partial charge in [0.05, 0.1) is 18.3 Å². The lowest BCUT2D eigenvalue weighted by atomic mass is 9.47. The van der Waals surface area contributed by atoms with Gasteiger partial charge < -0.3 is 15.3 Å². The highest BCUT2D eigenvalue weighted by Crippen LogP contribution is 2.65. The molecule has 0 bridgehead atoms. The van der Waals surface area contributed by atoms with E-state index in [1.54, 1.807) is 0 Å². The van der Waals surface area contributed by atoms with Gasteiger partial charge in [-0.15, -0.1) is 0 Å². The van der Waals surface area contributed by atoms with E-state index in [9.17, 15) is 15.3 Å². The summed E-state index contributed by atoms with van der Waals surface area (Å²) in [5.74, 6) is 1.70. The topological polar surface area (TPSA) is 60.7 Å². The zero-order chi connectivity index (χ0) is 15.7. The van der Waals surface area contributed by atoms with Crippen molar-refractivity contribution >= 4 is 0 Å². The number of rotatable bonds is 0. The van der Waals surface area contributed by atoms with E-state index in [1.807, 2.05) is 6.08 Å². The predicted octanol–water partition coefficient (Wildman–Crippen LogP) is 2.64. The molecule has 3 unspecified atom stereocenters. The molecule has 3 nitrogen and oxygen atoms in total. The highest BCUT2D eigenvalue weighted by atomic mass is 16.3. The fourth-order valence-electron chi connectivity index (χ4n) is 6.73. The third-order valence-electron chi connectivity index (χ3n) is 8.05. The molecule has 4 aliphatic carbocycles. The van der Waals surface area contributed by atoms with Crippen molar-refractivity contribution < 1.29 is 15.3 Å². The second kappa shape index (κ2) is 4.81. The summed E-state index contributed by atoms with van der Waals surface area (Å²) in [7, 11) is 0. The van der Waals surface area contributed by atoms with Crippen LogP contribution in [0.5, 0.6) is 0 Å². The van der Waals surface area contributed by atoms with Crippen molar-refractivity contribution in [1.29, 1.82) is 0 Å². The molecule has 22 heavy (non-hydrogen) atoms. The minimum atomic E-state index is -0.402. The minimum absolute atomic E-state index is 0.0520. The van der Waals surface area contributed by atoms with Gasteiger partial charge in [-0.2, -0.15) is 0 Å². The van der Waals surface area contributed by atoms with Gasteiger partial charge >= 0.3 is 0 Å². The quantitative estimate of drug-likeness (QED) is 0.603. The van der Waals surface area contributed by atoms with E-state index in [0.29, 0.717) is 17.8 Å². The lowest BCUT2D eigenvalue weighted by Gasteiger charge is -2.59. The van der Waals surface area contributed by atoms with Crippen molar-refractivity contribution in [3.63, 3.8) is 0 Å². The molecule has 3 heteroatoms. The Balaban J connectivity index is 1.71. The van der Waals surface area contributed by atoms with E-state index in [4.69, 9.17) is 0 Å². The van der Waals surface area contributed by atoms with Crippen molar-refractivity contribution in [2.75, 3.05) is 0 Å². The lowest BCUT2D eigenvalue weighted by molar-refractivity contribution is -0.0965. The Morgan fingerprint density at radius 2 is 1.73 bits per heavy atom. The Kier molecular flexibility index (Phi) is 3.32. The summed E-state index contributed by atoms with van der Waals surface area (Å²) in [6.07, 6.45) is 7.96. The van der Waals surface area contributed by atoms with Gasteiger partial charge in [-0.05, 0) is 79.1 Å². The molecule has 3 saturated carbocycles. The summed E-state index contributed by atoms with van der Waals surface area (Å²) in [5.41, 5.74) is 1.22. The van der Waals surface area contributed by atoms with Crippen LogP contribution in [0.25, 0.3) is 0 Å². The smallest absolute Gasteiger partial charge is 0.0759 e. The number of aliphatic hydroxyl groups is 3. The molecular formula is C19H30O3. The standard InChI is InChI=1S/C19H30O3/c1-18-7-5-11(20)9-15(18)16(21)10-12-13-3-4-17(22)19(13,2)8-6-14(12)18/h9,11-14,16-17,20-22H,3-8,10H2,1-2H3/t11?,12-,13-,14-,16?,17?,18+,19-/m0/s1. The molecule has 0 aromatic rings. The molecule has 0 amide bonds. The average Bonchev–Trinajstić information content (AvgIpc) is 2.77. The van der Waals surface area contributed by atoms with Gasteiger partial charge in [-0.25, -0.2) is 0 Å². The SMILES string of the molecule is C[C@]12CCC(O)C=C1C(O)C[C@@H]1[C@@H]2CC[C@]2(C)C(O)CC[C@@H]12. The van der Waals surface area contributed by atoms with Crippen LogP contribution < -0.4 is 0 Å². The van der Waals surface area contributed by atoms with Gasteiger partial charge in [0.15, 0.2) is 0 Å². The van der Waals surface area contributed by atoms with Crippen LogP contribution in [0.1, 0.15) is 58.8 Å². The zero-order valence-electron chi connectivity index (χ0n) is 13.8. The first-order valence-electron chi connectivity index (χ1n) is 9.12. The van der Waals surface area contributed by atoms with Crippen molar-refractivity contribution in [2.24, 2.45) is 28.6 Å². The zero-order valence-corrected chi connectivity index (χ0v) is 13.8. The van der Waals surface area contributed by atoms with Crippen LogP contribution in [0.3, 0.4) is 0 Å². The maximum atomic E-state index is 10.8. The summed E-state index contributed by atoms with van der Waals surface area (Å²) in [6, 6.07) is 0. The Morgan fingerprint density at radius 3 is 2.50 bits per heavy atom. The minimum Gasteiger partial charge on any atom is -0.393 e. The Labute approximate surface area is 133 Å². The van der Waals surface area contributed by atoms with Crippen LogP contribution in [-0.4, -0.2) is 33.6 Å². The van der Waals surface area contributed by atoms with E-state index in [2.05, 4.69) is 13.8 Å². The first-order valence-corrected chi connectivity index (χ1v) is 9.12. The second-order valence-corrected chi connectivity index (χ2v) is 8.91. The molecular weight excluding hydrogens is 276 g/mol. The maximum absolute atomic E-state index is 10.8.